The maximum atomic E-state index is 10.3. The van der Waals surface area contributed by atoms with Crippen molar-refractivity contribution < 1.29 is 4.92 Å². The highest BCUT2D eigenvalue weighted by Crippen LogP contribution is 2.07. The molecule has 1 rings (SSSR count). The molecular formula is C6H4ClN3O2. The van der Waals surface area contributed by atoms with Gasteiger partial charge in [0.15, 0.2) is 0 Å². The van der Waals surface area contributed by atoms with E-state index in [1.165, 1.54) is 6.08 Å². The molecule has 1 aliphatic rings. The molecule has 12 heavy (non-hydrogen) atoms. The van der Waals surface area contributed by atoms with E-state index in [1.54, 1.807) is 0 Å². The van der Waals surface area contributed by atoms with Gasteiger partial charge in [0.1, 0.15) is 5.17 Å². The molecule has 0 atom stereocenters. The largest absolute Gasteiger partial charge is 0.378 e. The normalized spacial score (nSPS) is 15.9. The van der Waals surface area contributed by atoms with E-state index in [4.69, 9.17) is 17.3 Å². The Kier molecular flexibility index (Phi) is 2.28. The second-order valence-electron chi connectivity index (χ2n) is 1.92. The Morgan fingerprint density at radius 3 is 2.92 bits per heavy atom. The van der Waals surface area contributed by atoms with E-state index in [0.717, 1.165) is 6.08 Å². The van der Waals surface area contributed by atoms with Crippen LogP contribution >= 0.6 is 11.6 Å². The minimum atomic E-state index is -0.644. The molecule has 5 nitrogen and oxygen atoms in total. The lowest BCUT2D eigenvalue weighted by Crippen LogP contribution is -2.06. The third kappa shape index (κ3) is 1.72. The van der Waals surface area contributed by atoms with Gasteiger partial charge in [-0.1, -0.05) is 11.6 Å². The van der Waals surface area contributed by atoms with Crippen molar-refractivity contribution in [3.63, 3.8) is 0 Å². The van der Waals surface area contributed by atoms with Gasteiger partial charge in [0.25, 0.3) is 0 Å². The maximum absolute atomic E-state index is 10.3. The predicted octanol–water partition coefficient (Wildman–Crippen LogP) is 0.753. The Morgan fingerprint density at radius 2 is 2.33 bits per heavy atom. The van der Waals surface area contributed by atoms with Crippen molar-refractivity contribution in [2.45, 2.75) is 0 Å². The summed E-state index contributed by atoms with van der Waals surface area (Å²) in [5, 5.41) is 10.4. The van der Waals surface area contributed by atoms with Gasteiger partial charge in [-0.2, -0.15) is 0 Å². The highest BCUT2D eigenvalue weighted by atomic mass is 35.5. The topological polar surface area (TPSA) is 81.5 Å². The number of nitrogens with two attached hydrogens (primary N) is 1. The zero-order valence-electron chi connectivity index (χ0n) is 5.82. The molecule has 6 heteroatoms. The van der Waals surface area contributed by atoms with Gasteiger partial charge in [-0.15, -0.1) is 5.73 Å². The summed E-state index contributed by atoms with van der Waals surface area (Å²) in [6.07, 6.45) is 2.42. The Bertz CT molecular complexity index is 350. The average Bonchev–Trinajstić information content (AvgIpc) is 2.10. The molecule has 2 N–H and O–H groups in total. The SMILES string of the molecule is NC1=C([N+](=O)[O-])C=C=CC(Cl)=N1. The van der Waals surface area contributed by atoms with Crippen LogP contribution in [-0.4, -0.2) is 10.1 Å². The second-order valence-corrected chi connectivity index (χ2v) is 2.30. The van der Waals surface area contributed by atoms with Gasteiger partial charge in [-0.25, -0.2) is 4.99 Å². The van der Waals surface area contributed by atoms with Gasteiger partial charge in [-0.05, 0) is 0 Å². The molecule has 1 aliphatic heterocycles. The monoisotopic (exact) mass is 185 g/mol. The fourth-order valence-corrected chi connectivity index (χ4v) is 0.768. The van der Waals surface area contributed by atoms with Crippen molar-refractivity contribution in [2.75, 3.05) is 0 Å². The standard InChI is InChI=1S/C6H4ClN3O2/c7-5-3-1-2-4(10(11)12)6(8)9-5/h2-3H,8H2. The Hall–Kier alpha value is -1.58. The van der Waals surface area contributed by atoms with E-state index in [2.05, 4.69) is 10.7 Å². The molecule has 0 radical (unpaired) electrons. The van der Waals surface area contributed by atoms with Crippen LogP contribution in [0, 0.1) is 10.1 Å². The van der Waals surface area contributed by atoms with Crippen molar-refractivity contribution in [2.24, 2.45) is 10.7 Å². The average molecular weight is 186 g/mol. The molecular weight excluding hydrogens is 182 g/mol. The van der Waals surface area contributed by atoms with Gasteiger partial charge in [0.05, 0.1) is 11.0 Å². The first-order chi connectivity index (χ1) is 5.61. The summed E-state index contributed by atoms with van der Waals surface area (Å²) < 4.78 is 0. The molecule has 0 bridgehead atoms. The fourth-order valence-electron chi connectivity index (χ4n) is 0.614. The van der Waals surface area contributed by atoms with Crippen LogP contribution in [-0.2, 0) is 0 Å². The van der Waals surface area contributed by atoms with Crippen molar-refractivity contribution in [1.82, 2.24) is 0 Å². The van der Waals surface area contributed by atoms with Crippen LogP contribution in [0.4, 0.5) is 0 Å². The highest BCUT2D eigenvalue weighted by molar-refractivity contribution is 6.68. The number of rotatable bonds is 1. The summed E-state index contributed by atoms with van der Waals surface area (Å²) in [7, 11) is 0. The number of allylic oxidation sites excluding steroid dienone is 1. The maximum Gasteiger partial charge on any atom is 0.318 e. The molecule has 0 aromatic heterocycles. The second kappa shape index (κ2) is 3.21. The minimum absolute atomic E-state index is 0.0700. The highest BCUT2D eigenvalue weighted by Gasteiger charge is 2.13. The molecule has 62 valence electrons. The molecule has 0 saturated carbocycles. The summed E-state index contributed by atoms with van der Waals surface area (Å²) >= 11 is 5.46. The first-order valence-electron chi connectivity index (χ1n) is 2.92. The van der Waals surface area contributed by atoms with Crippen molar-refractivity contribution in [3.8, 4) is 0 Å². The quantitative estimate of drug-likeness (QED) is 0.372. The number of nitrogens with zero attached hydrogens (tertiary/aromatic N) is 2. The van der Waals surface area contributed by atoms with Crippen LogP contribution < -0.4 is 5.73 Å². The van der Waals surface area contributed by atoms with E-state index in [-0.39, 0.29) is 16.7 Å². The third-order valence-corrected chi connectivity index (χ3v) is 1.30. The van der Waals surface area contributed by atoms with Crippen LogP contribution in [0.3, 0.4) is 0 Å². The van der Waals surface area contributed by atoms with Gasteiger partial charge < -0.3 is 5.73 Å². The van der Waals surface area contributed by atoms with Gasteiger partial charge in [-0.3, -0.25) is 10.1 Å². The summed E-state index contributed by atoms with van der Waals surface area (Å²) in [6.45, 7) is 0. The molecule has 0 unspecified atom stereocenters. The molecule has 0 fully saturated rings. The Balaban J connectivity index is 3.23. The Morgan fingerprint density at radius 1 is 1.67 bits per heavy atom. The van der Waals surface area contributed by atoms with Crippen LogP contribution in [0.2, 0.25) is 0 Å². The first kappa shape index (κ1) is 8.52. The lowest BCUT2D eigenvalue weighted by atomic mass is 10.4. The fraction of sp³-hybridized carbons (Fsp3) is 0. The van der Waals surface area contributed by atoms with Gasteiger partial charge >= 0.3 is 5.70 Å². The number of hydrogen-bond acceptors (Lipinski definition) is 4. The van der Waals surface area contributed by atoms with E-state index >= 15 is 0 Å². The van der Waals surface area contributed by atoms with E-state index in [0.29, 0.717) is 0 Å². The molecule has 0 aromatic rings. The smallest absolute Gasteiger partial charge is 0.318 e. The van der Waals surface area contributed by atoms with Crippen LogP contribution in [0.5, 0.6) is 0 Å². The molecule has 0 aromatic carbocycles. The third-order valence-electron chi connectivity index (χ3n) is 1.11. The van der Waals surface area contributed by atoms with Crippen LogP contribution in [0.1, 0.15) is 0 Å². The summed E-state index contributed by atoms with van der Waals surface area (Å²) in [5.41, 5.74) is 7.41. The zero-order chi connectivity index (χ0) is 9.14. The predicted molar refractivity (Wildman–Crippen MR) is 44.1 cm³/mol. The number of nitro groups is 1. The molecule has 0 spiro atoms. The van der Waals surface area contributed by atoms with Crippen LogP contribution in [0.15, 0.2) is 34.4 Å². The summed E-state index contributed by atoms with van der Waals surface area (Å²) in [4.78, 5) is 13.2. The molecule has 0 aliphatic carbocycles. The zero-order valence-corrected chi connectivity index (χ0v) is 6.58. The van der Waals surface area contributed by atoms with E-state index in [1.807, 2.05) is 0 Å². The number of aliphatic imine (C=N–C) groups is 1. The molecule has 0 amide bonds. The molecule has 0 saturated heterocycles. The van der Waals surface area contributed by atoms with E-state index < -0.39 is 4.92 Å². The first-order valence-corrected chi connectivity index (χ1v) is 3.30. The summed E-state index contributed by atoms with van der Waals surface area (Å²) in [5.74, 6) is -0.216. The summed E-state index contributed by atoms with van der Waals surface area (Å²) in [6, 6.07) is 0. The van der Waals surface area contributed by atoms with E-state index in [9.17, 15) is 10.1 Å². The van der Waals surface area contributed by atoms with Gasteiger partial charge in [0, 0.05) is 6.08 Å². The number of hydrogen-bond donors (Lipinski definition) is 1. The minimum Gasteiger partial charge on any atom is -0.378 e. The lowest BCUT2D eigenvalue weighted by Gasteiger charge is -1.91. The number of halogens is 1. The lowest BCUT2D eigenvalue weighted by molar-refractivity contribution is -0.420. The van der Waals surface area contributed by atoms with Crippen LogP contribution in [0.25, 0.3) is 0 Å². The van der Waals surface area contributed by atoms with Crippen molar-refractivity contribution in [3.05, 3.63) is 39.5 Å². The molecule has 1 heterocycles. The van der Waals surface area contributed by atoms with Gasteiger partial charge in [0.2, 0.25) is 5.82 Å². The van der Waals surface area contributed by atoms with Crippen molar-refractivity contribution >= 4 is 16.8 Å². The Labute approximate surface area is 72.7 Å². The van der Waals surface area contributed by atoms with Crippen molar-refractivity contribution in [1.29, 1.82) is 0 Å².